The van der Waals surface area contributed by atoms with Crippen LogP contribution in [-0.4, -0.2) is 53.1 Å². The van der Waals surface area contributed by atoms with Gasteiger partial charge in [-0.15, -0.1) is 0 Å². The monoisotopic (exact) mass is 832 g/mol. The lowest BCUT2D eigenvalue weighted by atomic mass is 9.82. The van der Waals surface area contributed by atoms with Crippen LogP contribution in [0.1, 0.15) is 91.7 Å². The molecule has 0 amide bonds. The summed E-state index contributed by atoms with van der Waals surface area (Å²) in [6.45, 7) is 7.15. The number of carbonyl (C=O) groups excluding carboxylic acids is 1. The largest absolute Gasteiger partial charge is 0.481 e. The Kier molecular flexibility index (Phi) is 14.9. The average molecular weight is 834 g/mol. The highest BCUT2D eigenvalue weighted by atomic mass is 35.5. The van der Waals surface area contributed by atoms with E-state index < -0.39 is 11.9 Å². The van der Waals surface area contributed by atoms with Crippen LogP contribution in [0.3, 0.4) is 0 Å². The number of pyridine rings is 2. The fourth-order valence-corrected chi connectivity index (χ4v) is 8.82. The standard InChI is InChI=1S/C45H54Cl2N4O7/c1-26-29(24-57-43-37(46)20-31(41(50-43)55-4)22-48-39-18-8-6-14-35(39)28(3)52)12-10-16-33(26)34-17-11-13-30(27(34)2)25-58-44-38(47)21-32(42(51-44)56-5)23-49-40-19-9-7-15-36(40)45(53)54/h10-13,16-17,20-21,35-36,39-40,48-49H,6-9,14-15,18-19,22-25H2,1-5H3,(H,53,54)/t35-,36+,39-,40-/m0/s1. The zero-order chi connectivity index (χ0) is 41.3. The molecule has 0 bridgehead atoms. The molecule has 0 radical (unpaired) electrons. The number of ether oxygens (including phenoxy) is 4. The first kappa shape index (κ1) is 43.2. The molecular weight excluding hydrogens is 779 g/mol. The van der Waals surface area contributed by atoms with Crippen molar-refractivity contribution in [3.8, 4) is 34.6 Å². The normalized spacial score (nSPS) is 19.4. The van der Waals surface area contributed by atoms with E-state index in [1.807, 2.05) is 30.3 Å². The molecule has 0 spiro atoms. The van der Waals surface area contributed by atoms with Gasteiger partial charge in [0, 0.05) is 42.2 Å². The summed E-state index contributed by atoms with van der Waals surface area (Å²) in [6, 6.07) is 15.8. The summed E-state index contributed by atoms with van der Waals surface area (Å²) in [5.41, 5.74) is 7.70. The zero-order valence-corrected chi connectivity index (χ0v) is 35.5. The molecule has 13 heteroatoms. The second-order valence-electron chi connectivity index (χ2n) is 15.3. The van der Waals surface area contributed by atoms with Crippen LogP contribution >= 0.6 is 23.2 Å². The number of methoxy groups -OCH3 is 2. The molecule has 0 unspecified atom stereocenters. The maximum Gasteiger partial charge on any atom is 0.308 e. The molecule has 2 fully saturated rings. The zero-order valence-electron chi connectivity index (χ0n) is 34.0. The van der Waals surface area contributed by atoms with Crippen molar-refractivity contribution in [2.24, 2.45) is 11.8 Å². The van der Waals surface area contributed by atoms with E-state index in [0.29, 0.717) is 41.3 Å². The lowest BCUT2D eigenvalue weighted by Gasteiger charge is -2.30. The molecule has 0 aliphatic heterocycles. The third-order valence-electron chi connectivity index (χ3n) is 11.7. The summed E-state index contributed by atoms with van der Waals surface area (Å²) in [7, 11) is 3.12. The number of rotatable bonds is 17. The molecule has 2 aromatic heterocycles. The van der Waals surface area contributed by atoms with Crippen molar-refractivity contribution in [3.63, 3.8) is 0 Å². The van der Waals surface area contributed by atoms with Gasteiger partial charge in [0.15, 0.2) is 0 Å². The molecule has 4 atom stereocenters. The lowest BCUT2D eigenvalue weighted by Crippen LogP contribution is -2.41. The highest BCUT2D eigenvalue weighted by Crippen LogP contribution is 2.35. The Morgan fingerprint density at radius 2 is 1.10 bits per heavy atom. The lowest BCUT2D eigenvalue weighted by molar-refractivity contribution is -0.143. The minimum absolute atomic E-state index is 0.0205. The second kappa shape index (κ2) is 20.0. The highest BCUT2D eigenvalue weighted by molar-refractivity contribution is 6.32. The molecule has 58 heavy (non-hydrogen) atoms. The summed E-state index contributed by atoms with van der Waals surface area (Å²) < 4.78 is 23.6. The minimum Gasteiger partial charge on any atom is -0.481 e. The molecular formula is C45H54Cl2N4O7. The Labute approximate surface area is 351 Å². The van der Waals surface area contributed by atoms with Gasteiger partial charge in [0.1, 0.15) is 29.0 Å². The topological polar surface area (TPSA) is 141 Å². The summed E-state index contributed by atoms with van der Waals surface area (Å²) >= 11 is 13.4. The van der Waals surface area contributed by atoms with Crippen LogP contribution in [0.25, 0.3) is 11.1 Å². The third-order valence-corrected chi connectivity index (χ3v) is 12.3. The van der Waals surface area contributed by atoms with E-state index in [-0.39, 0.29) is 48.8 Å². The summed E-state index contributed by atoms with van der Waals surface area (Å²) in [5, 5.41) is 17.3. The van der Waals surface area contributed by atoms with E-state index >= 15 is 0 Å². The number of benzene rings is 2. The number of Topliss-reactive ketones (excluding diaryl/α,β-unsaturated/α-hetero) is 1. The number of halogens is 2. The summed E-state index contributed by atoms with van der Waals surface area (Å²) in [4.78, 5) is 33.2. The molecule has 2 aromatic carbocycles. The molecule has 6 rings (SSSR count). The number of hydrogen-bond donors (Lipinski definition) is 3. The molecule has 2 aliphatic carbocycles. The van der Waals surface area contributed by atoms with Gasteiger partial charge in [0.25, 0.3) is 0 Å². The number of hydrogen-bond acceptors (Lipinski definition) is 10. The maximum atomic E-state index is 12.2. The Morgan fingerprint density at radius 3 is 1.53 bits per heavy atom. The molecule has 11 nitrogen and oxygen atoms in total. The van der Waals surface area contributed by atoms with Crippen LogP contribution in [0.2, 0.25) is 10.0 Å². The first-order valence-corrected chi connectivity index (χ1v) is 20.8. The van der Waals surface area contributed by atoms with Crippen molar-refractivity contribution >= 4 is 35.0 Å². The van der Waals surface area contributed by atoms with Crippen LogP contribution in [0, 0.1) is 25.7 Å². The predicted octanol–water partition coefficient (Wildman–Crippen LogP) is 9.21. The number of aromatic nitrogens is 2. The van der Waals surface area contributed by atoms with Crippen molar-refractivity contribution in [3.05, 3.63) is 92.0 Å². The van der Waals surface area contributed by atoms with Gasteiger partial charge in [0.2, 0.25) is 23.5 Å². The molecule has 310 valence electrons. The van der Waals surface area contributed by atoms with Gasteiger partial charge >= 0.3 is 5.97 Å². The van der Waals surface area contributed by atoms with Crippen LogP contribution in [-0.2, 0) is 35.9 Å². The Bertz CT molecular complexity index is 1950. The van der Waals surface area contributed by atoms with Gasteiger partial charge in [-0.3, -0.25) is 9.59 Å². The van der Waals surface area contributed by atoms with E-state index in [0.717, 1.165) is 89.5 Å². The van der Waals surface area contributed by atoms with Crippen molar-refractivity contribution in [2.45, 2.75) is 111 Å². The SMILES string of the molecule is COc1nc(OCc2cccc(-c3cccc(COc4nc(OC)c(CN[C@H]5CCCC[C@H]5C(=O)O)cc4Cl)c3C)c2C)c(Cl)cc1CN[C@H]1CCCC[C@H]1C(C)=O. The third kappa shape index (κ3) is 10.2. The van der Waals surface area contributed by atoms with Gasteiger partial charge in [-0.2, -0.15) is 9.97 Å². The van der Waals surface area contributed by atoms with E-state index in [9.17, 15) is 14.7 Å². The Hall–Kier alpha value is -4.42. The van der Waals surface area contributed by atoms with Gasteiger partial charge in [-0.1, -0.05) is 85.3 Å². The van der Waals surface area contributed by atoms with Crippen molar-refractivity contribution < 1.29 is 33.6 Å². The van der Waals surface area contributed by atoms with Gasteiger partial charge in [-0.25, -0.2) is 0 Å². The van der Waals surface area contributed by atoms with E-state index in [1.165, 1.54) is 0 Å². The minimum atomic E-state index is -0.771. The highest BCUT2D eigenvalue weighted by Gasteiger charge is 2.31. The number of carboxylic acid groups (broad SMARTS) is 1. The van der Waals surface area contributed by atoms with Crippen molar-refractivity contribution in [1.82, 2.24) is 20.6 Å². The summed E-state index contributed by atoms with van der Waals surface area (Å²) in [5.74, 6) is 0.387. The van der Waals surface area contributed by atoms with Gasteiger partial charge < -0.3 is 34.7 Å². The second-order valence-corrected chi connectivity index (χ2v) is 16.2. The van der Waals surface area contributed by atoms with Crippen LogP contribution in [0.5, 0.6) is 23.5 Å². The molecule has 2 aliphatic rings. The van der Waals surface area contributed by atoms with Crippen LogP contribution in [0.4, 0.5) is 0 Å². The molecule has 2 saturated carbocycles. The van der Waals surface area contributed by atoms with Crippen molar-refractivity contribution in [2.75, 3.05) is 14.2 Å². The van der Waals surface area contributed by atoms with E-state index in [4.69, 9.17) is 42.1 Å². The van der Waals surface area contributed by atoms with Gasteiger partial charge in [0.05, 0.1) is 20.1 Å². The Balaban J connectivity index is 1.11. The van der Waals surface area contributed by atoms with Crippen LogP contribution in [0.15, 0.2) is 48.5 Å². The Morgan fingerprint density at radius 1 is 0.672 bits per heavy atom. The fourth-order valence-electron chi connectivity index (χ4n) is 8.37. The molecule has 0 saturated heterocycles. The van der Waals surface area contributed by atoms with Crippen molar-refractivity contribution in [1.29, 1.82) is 0 Å². The fraction of sp³-hybridized carbons (Fsp3) is 0.467. The van der Waals surface area contributed by atoms with E-state index in [2.05, 4.69) is 46.6 Å². The maximum absolute atomic E-state index is 12.2. The first-order valence-electron chi connectivity index (χ1n) is 20.1. The first-order chi connectivity index (χ1) is 28.0. The van der Waals surface area contributed by atoms with E-state index in [1.54, 1.807) is 27.2 Å². The number of ketones is 1. The molecule has 3 N–H and O–H groups in total. The number of carbonyl (C=O) groups is 2. The number of nitrogens with zero attached hydrogens (tertiary/aromatic N) is 2. The quantitative estimate of drug-likeness (QED) is 0.0938. The number of nitrogens with one attached hydrogen (secondary N) is 2. The smallest absolute Gasteiger partial charge is 0.308 e. The summed E-state index contributed by atoms with van der Waals surface area (Å²) in [6.07, 6.45) is 7.44. The molecule has 4 aromatic rings. The number of carboxylic acids is 1. The average Bonchev–Trinajstić information content (AvgIpc) is 3.22. The molecule has 2 heterocycles. The van der Waals surface area contributed by atoms with Crippen LogP contribution < -0.4 is 29.6 Å². The predicted molar refractivity (Wildman–Crippen MR) is 225 cm³/mol. The van der Waals surface area contributed by atoms with Gasteiger partial charge in [-0.05, 0) is 92.0 Å². The number of aliphatic carboxylic acids is 1.